The van der Waals surface area contributed by atoms with E-state index < -0.39 is 6.29 Å². The van der Waals surface area contributed by atoms with Crippen LogP contribution in [0, 0.1) is 0 Å². The maximum absolute atomic E-state index is 8.71. The summed E-state index contributed by atoms with van der Waals surface area (Å²) >= 11 is 5.55. The van der Waals surface area contributed by atoms with Crippen LogP contribution in [0.5, 0.6) is 0 Å². The summed E-state index contributed by atoms with van der Waals surface area (Å²) in [5.41, 5.74) is 0.708. The Labute approximate surface area is 82.3 Å². The van der Waals surface area contributed by atoms with Gasteiger partial charge in [-0.05, 0) is 30.2 Å². The number of aliphatic hydroxyl groups excluding tert-OH is 1. The van der Waals surface area contributed by atoms with Gasteiger partial charge in [0.25, 0.3) is 0 Å². The lowest BCUT2D eigenvalue weighted by Gasteiger charge is -2.02. The third kappa shape index (κ3) is 5.41. The molecule has 0 amide bonds. The molecule has 0 aromatic heterocycles. The van der Waals surface area contributed by atoms with Gasteiger partial charge < -0.3 is 15.5 Å². The Balaban J connectivity index is 4.39. The molecule has 0 aliphatic rings. The molecule has 0 aromatic rings. The van der Waals surface area contributed by atoms with Gasteiger partial charge in [-0.2, -0.15) is 0 Å². The van der Waals surface area contributed by atoms with Gasteiger partial charge in [-0.3, -0.25) is 0 Å². The molecule has 74 valence electrons. The second-order valence-electron chi connectivity index (χ2n) is 2.41. The summed E-state index contributed by atoms with van der Waals surface area (Å²) in [4.78, 5) is 3.80. The molecule has 0 aliphatic heterocycles. The number of halogens is 1. The minimum atomic E-state index is -1.49. The number of rotatable bonds is 3. The molecule has 0 unspecified atom stereocenters. The summed E-state index contributed by atoms with van der Waals surface area (Å²) in [5, 5.41) is 20.2. The fourth-order valence-electron chi connectivity index (χ4n) is 0.552. The lowest BCUT2D eigenvalue weighted by atomic mass is 10.2. The monoisotopic (exact) mass is 204 g/mol. The highest BCUT2D eigenvalue weighted by molar-refractivity contribution is 6.64. The van der Waals surface area contributed by atoms with Gasteiger partial charge in [0.05, 0.1) is 5.70 Å². The third-order valence-electron chi connectivity index (χ3n) is 1.25. The fraction of sp³-hybridized carbons (Fsp3) is 0.375. The van der Waals surface area contributed by atoms with Crippen molar-refractivity contribution < 1.29 is 10.2 Å². The van der Waals surface area contributed by atoms with Gasteiger partial charge in [-0.25, -0.2) is 4.99 Å². The Kier molecular flexibility index (Phi) is 5.37. The number of nitrogens with zero attached hydrogens (tertiary/aromatic N) is 1. The van der Waals surface area contributed by atoms with Gasteiger partial charge in [0.2, 0.25) is 0 Å². The van der Waals surface area contributed by atoms with E-state index in [0.29, 0.717) is 11.3 Å². The van der Waals surface area contributed by atoms with Crippen molar-refractivity contribution in [2.45, 2.75) is 13.2 Å². The first-order chi connectivity index (χ1) is 5.97. The standard InChI is InChI=1S/C8H13ClN2O2/c1-5(7(12)13)4-6(2)11-8(9)10-3/h4,7,12-13H,2H2,1,3H3,(H,10,11)/b5-4+. The maximum atomic E-state index is 8.71. The quantitative estimate of drug-likeness (QED) is 0.207. The average molecular weight is 205 g/mol. The van der Waals surface area contributed by atoms with Crippen molar-refractivity contribution in [1.29, 1.82) is 0 Å². The molecule has 0 spiro atoms. The zero-order valence-electron chi connectivity index (χ0n) is 7.58. The van der Waals surface area contributed by atoms with E-state index in [1.54, 1.807) is 14.0 Å². The Bertz CT molecular complexity index is 247. The van der Waals surface area contributed by atoms with E-state index in [-0.39, 0.29) is 5.29 Å². The number of aliphatic hydroxyl groups is 2. The fourth-order valence-corrected chi connectivity index (χ4v) is 0.660. The van der Waals surface area contributed by atoms with Gasteiger partial charge in [-0.1, -0.05) is 6.58 Å². The van der Waals surface area contributed by atoms with Crippen molar-refractivity contribution in [3.63, 3.8) is 0 Å². The summed E-state index contributed by atoms with van der Waals surface area (Å²) in [7, 11) is 1.62. The highest BCUT2D eigenvalue weighted by atomic mass is 35.5. The summed E-state index contributed by atoms with van der Waals surface area (Å²) in [5.74, 6) is 0. The normalized spacial score (nSPS) is 13.4. The predicted octanol–water partition coefficient (Wildman–Crippen LogP) is 0.571. The average Bonchev–Trinajstić information content (AvgIpc) is 2.03. The SMILES string of the molecule is C=C(/C=C(\C)C(O)O)/N=C(/Cl)NC. The molecule has 4 nitrogen and oxygen atoms in total. The Hall–Kier alpha value is -0.840. The topological polar surface area (TPSA) is 64.8 Å². The van der Waals surface area contributed by atoms with Crippen LogP contribution >= 0.6 is 11.6 Å². The van der Waals surface area contributed by atoms with Gasteiger partial charge in [0.1, 0.15) is 0 Å². The molecule has 0 bridgehead atoms. The lowest BCUT2D eigenvalue weighted by Crippen LogP contribution is -2.11. The van der Waals surface area contributed by atoms with Gasteiger partial charge in [-0.15, -0.1) is 0 Å². The van der Waals surface area contributed by atoms with E-state index in [1.165, 1.54) is 6.08 Å². The van der Waals surface area contributed by atoms with Crippen LogP contribution in [0.4, 0.5) is 0 Å². The minimum Gasteiger partial charge on any atom is -0.365 e. The Morgan fingerprint density at radius 3 is 2.54 bits per heavy atom. The molecular weight excluding hydrogens is 192 g/mol. The number of amidine groups is 1. The van der Waals surface area contributed by atoms with Crippen molar-refractivity contribution in [2.24, 2.45) is 4.99 Å². The zero-order valence-corrected chi connectivity index (χ0v) is 8.34. The van der Waals surface area contributed by atoms with Gasteiger partial charge in [0, 0.05) is 7.05 Å². The molecule has 3 N–H and O–H groups in total. The first kappa shape index (κ1) is 12.2. The molecule has 0 atom stereocenters. The highest BCUT2D eigenvalue weighted by Crippen LogP contribution is 2.05. The molecule has 0 rings (SSSR count). The molecule has 0 heterocycles. The Morgan fingerprint density at radius 2 is 2.15 bits per heavy atom. The van der Waals surface area contributed by atoms with E-state index in [4.69, 9.17) is 21.8 Å². The smallest absolute Gasteiger partial charge is 0.196 e. The highest BCUT2D eigenvalue weighted by Gasteiger charge is 1.99. The number of hydrogen-bond acceptors (Lipinski definition) is 3. The van der Waals surface area contributed by atoms with Crippen LogP contribution in [0.2, 0.25) is 0 Å². The van der Waals surface area contributed by atoms with Gasteiger partial charge >= 0.3 is 0 Å². The van der Waals surface area contributed by atoms with E-state index in [0.717, 1.165) is 0 Å². The van der Waals surface area contributed by atoms with Crippen molar-refractivity contribution in [3.05, 3.63) is 23.9 Å². The predicted molar refractivity (Wildman–Crippen MR) is 53.5 cm³/mol. The van der Waals surface area contributed by atoms with E-state index in [2.05, 4.69) is 16.9 Å². The molecule has 0 radical (unpaired) electrons. The first-order valence-electron chi connectivity index (χ1n) is 3.62. The van der Waals surface area contributed by atoms with E-state index >= 15 is 0 Å². The van der Waals surface area contributed by atoms with Crippen LogP contribution in [0.25, 0.3) is 0 Å². The minimum absolute atomic E-state index is 0.196. The second-order valence-corrected chi connectivity index (χ2v) is 2.76. The van der Waals surface area contributed by atoms with E-state index in [1.807, 2.05) is 0 Å². The molecule has 0 aliphatic carbocycles. The summed E-state index contributed by atoms with van der Waals surface area (Å²) in [6.45, 7) is 5.11. The van der Waals surface area contributed by atoms with Crippen molar-refractivity contribution in [3.8, 4) is 0 Å². The van der Waals surface area contributed by atoms with Crippen molar-refractivity contribution in [1.82, 2.24) is 5.32 Å². The molecule has 0 saturated heterocycles. The number of allylic oxidation sites excluding steroid dienone is 1. The molecule has 13 heavy (non-hydrogen) atoms. The zero-order chi connectivity index (χ0) is 10.4. The van der Waals surface area contributed by atoms with Crippen molar-refractivity contribution in [2.75, 3.05) is 7.05 Å². The third-order valence-corrected chi connectivity index (χ3v) is 1.52. The largest absolute Gasteiger partial charge is 0.365 e. The number of nitrogens with one attached hydrogen (secondary N) is 1. The summed E-state index contributed by atoms with van der Waals surface area (Å²) < 4.78 is 0. The van der Waals surface area contributed by atoms with Gasteiger partial charge in [0.15, 0.2) is 11.6 Å². The van der Waals surface area contributed by atoms with Crippen LogP contribution < -0.4 is 5.32 Å². The number of hydrogen-bond donors (Lipinski definition) is 3. The summed E-state index contributed by atoms with van der Waals surface area (Å²) in [6, 6.07) is 0. The lowest BCUT2D eigenvalue weighted by molar-refractivity contribution is -0.00767. The Morgan fingerprint density at radius 1 is 1.62 bits per heavy atom. The molecule has 0 saturated carbocycles. The maximum Gasteiger partial charge on any atom is 0.196 e. The molecule has 0 fully saturated rings. The molecule has 0 aromatic carbocycles. The first-order valence-corrected chi connectivity index (χ1v) is 4.00. The second kappa shape index (κ2) is 5.75. The van der Waals surface area contributed by atoms with Crippen LogP contribution in [-0.2, 0) is 0 Å². The van der Waals surface area contributed by atoms with Crippen LogP contribution in [0.3, 0.4) is 0 Å². The number of aliphatic imine (C=N–C) groups is 1. The van der Waals surface area contributed by atoms with Crippen LogP contribution in [0.1, 0.15) is 6.92 Å². The molecular formula is C8H13ClN2O2. The van der Waals surface area contributed by atoms with Crippen molar-refractivity contribution >= 4 is 16.9 Å². The van der Waals surface area contributed by atoms with E-state index in [9.17, 15) is 0 Å². The van der Waals surface area contributed by atoms with Crippen LogP contribution in [-0.4, -0.2) is 28.8 Å². The molecule has 5 heteroatoms. The summed E-state index contributed by atoms with van der Waals surface area (Å²) in [6.07, 6.45) is -0.0509. The van der Waals surface area contributed by atoms with Crippen LogP contribution in [0.15, 0.2) is 28.9 Å².